The molecule has 0 aliphatic rings. The van der Waals surface area contributed by atoms with E-state index in [0.29, 0.717) is 30.2 Å². The van der Waals surface area contributed by atoms with E-state index in [1.165, 1.54) is 18.2 Å². The van der Waals surface area contributed by atoms with E-state index >= 15 is 0 Å². The number of nitrogens with zero attached hydrogens (tertiary/aromatic N) is 4. The topological polar surface area (TPSA) is 177 Å². The Hall–Kier alpha value is -3.80. The number of rotatable bonds is 14. The molecule has 0 bridgehead atoms. The van der Waals surface area contributed by atoms with Crippen molar-refractivity contribution in [2.75, 3.05) is 13.1 Å². The van der Waals surface area contributed by atoms with Crippen LogP contribution in [-0.4, -0.2) is 55.1 Å². The molecule has 2 amide bonds. The fraction of sp³-hybridized carbons (Fsp3) is 0.385. The van der Waals surface area contributed by atoms with Crippen LogP contribution in [0.5, 0.6) is 5.75 Å². The van der Waals surface area contributed by atoms with Crippen molar-refractivity contribution in [3.63, 3.8) is 0 Å². The average Bonchev–Trinajstić information content (AvgIpc) is 2.91. The maximum absolute atomic E-state index is 14.8. The van der Waals surface area contributed by atoms with Gasteiger partial charge in [-0.25, -0.2) is 8.96 Å². The summed E-state index contributed by atoms with van der Waals surface area (Å²) in [6.07, 6.45) is 1.02. The second-order valence-corrected chi connectivity index (χ2v) is 10.3. The zero-order valence-corrected chi connectivity index (χ0v) is 23.1. The summed E-state index contributed by atoms with van der Waals surface area (Å²) in [6, 6.07) is 11.3. The quantitative estimate of drug-likeness (QED) is 0.165. The Kier molecular flexibility index (Phi) is 11.2. The predicted octanol–water partition coefficient (Wildman–Crippen LogP) is 3.07. The van der Waals surface area contributed by atoms with Gasteiger partial charge in [0.2, 0.25) is 17.9 Å². The van der Waals surface area contributed by atoms with E-state index in [4.69, 9.17) is 9.79 Å². The minimum absolute atomic E-state index is 0.0952. The summed E-state index contributed by atoms with van der Waals surface area (Å²) in [5.41, 5.74) is 1.97. The Balaban J connectivity index is 1.30. The Morgan fingerprint density at radius 2 is 1.55 bits per heavy atom. The smallest absolute Gasteiger partial charge is 0.404 e. The van der Waals surface area contributed by atoms with Gasteiger partial charge in [0.1, 0.15) is 5.75 Å². The van der Waals surface area contributed by atoms with Crippen LogP contribution in [0.1, 0.15) is 54.4 Å². The molecule has 0 saturated carbocycles. The lowest BCUT2D eigenvalue weighted by Gasteiger charge is -2.15. The van der Waals surface area contributed by atoms with Gasteiger partial charge in [0.25, 0.3) is 5.91 Å². The number of nitrogens with one attached hydrogen (secondary N) is 2. The molecule has 2 aromatic carbocycles. The lowest BCUT2D eigenvalue weighted by Crippen LogP contribution is -2.28. The summed E-state index contributed by atoms with van der Waals surface area (Å²) in [4.78, 5) is 42.5. The molecule has 12 nitrogen and oxygen atoms in total. The first kappa shape index (κ1) is 30.7. The van der Waals surface area contributed by atoms with Gasteiger partial charge in [0.15, 0.2) is 5.82 Å². The molecule has 1 aromatic heterocycles. The van der Waals surface area contributed by atoms with E-state index in [1.54, 1.807) is 13.8 Å². The van der Waals surface area contributed by atoms with Crippen LogP contribution in [0.25, 0.3) is 11.4 Å². The number of alkyl halides is 1. The van der Waals surface area contributed by atoms with Crippen LogP contribution in [0.3, 0.4) is 0 Å². The SMILES string of the molecule is Cc1ccc(OP(=O)(O)O)c(C(F)C(=O)NCCCCCCNC(=O)Cc2ccc(-c3nnc(C)nn3)cc2)c1. The molecule has 214 valence electrons. The zero-order chi connectivity index (χ0) is 29.1. The summed E-state index contributed by atoms with van der Waals surface area (Å²) in [6.45, 7) is 4.12. The summed E-state index contributed by atoms with van der Waals surface area (Å²) in [5.74, 6) is -0.489. The Morgan fingerprint density at radius 1 is 0.925 bits per heavy atom. The number of aryl methyl sites for hydroxylation is 2. The summed E-state index contributed by atoms with van der Waals surface area (Å²) >= 11 is 0. The van der Waals surface area contributed by atoms with Gasteiger partial charge in [-0.2, -0.15) is 0 Å². The first-order valence-electron chi connectivity index (χ1n) is 12.7. The molecule has 1 unspecified atom stereocenters. The number of halogens is 1. The molecule has 0 aliphatic carbocycles. The molecule has 14 heteroatoms. The third kappa shape index (κ3) is 10.1. The van der Waals surface area contributed by atoms with E-state index in [9.17, 15) is 18.5 Å². The molecule has 0 spiro atoms. The predicted molar refractivity (Wildman–Crippen MR) is 144 cm³/mol. The van der Waals surface area contributed by atoms with Crippen LogP contribution in [0, 0.1) is 13.8 Å². The highest BCUT2D eigenvalue weighted by molar-refractivity contribution is 7.46. The fourth-order valence-electron chi connectivity index (χ4n) is 3.77. The lowest BCUT2D eigenvalue weighted by atomic mass is 10.1. The van der Waals surface area contributed by atoms with Crippen molar-refractivity contribution in [1.82, 2.24) is 31.0 Å². The molecule has 1 atom stereocenters. The molecule has 0 aliphatic heterocycles. The molecule has 0 radical (unpaired) electrons. The minimum atomic E-state index is -4.91. The van der Waals surface area contributed by atoms with Crippen LogP contribution in [0.2, 0.25) is 0 Å². The van der Waals surface area contributed by atoms with Crippen molar-refractivity contribution in [1.29, 1.82) is 0 Å². The van der Waals surface area contributed by atoms with Gasteiger partial charge in [0.05, 0.1) is 6.42 Å². The number of phosphoric ester groups is 1. The maximum atomic E-state index is 14.8. The largest absolute Gasteiger partial charge is 0.524 e. The number of carbonyl (C=O) groups excluding carboxylic acids is 2. The van der Waals surface area contributed by atoms with E-state index < -0.39 is 19.9 Å². The number of phosphoric acid groups is 1. The number of aromatic nitrogens is 4. The molecule has 3 aromatic rings. The Labute approximate surface area is 231 Å². The van der Waals surface area contributed by atoms with Crippen LogP contribution >= 0.6 is 7.82 Å². The molecule has 1 heterocycles. The molecular weight excluding hydrogens is 542 g/mol. The van der Waals surface area contributed by atoms with E-state index in [2.05, 4.69) is 35.6 Å². The first-order chi connectivity index (χ1) is 19.0. The third-order valence-electron chi connectivity index (χ3n) is 5.77. The van der Waals surface area contributed by atoms with Gasteiger partial charge in [0, 0.05) is 24.2 Å². The Bertz CT molecular complexity index is 1340. The molecule has 0 saturated heterocycles. The number of amides is 2. The van der Waals surface area contributed by atoms with Gasteiger partial charge in [-0.1, -0.05) is 48.7 Å². The summed E-state index contributed by atoms with van der Waals surface area (Å²) in [7, 11) is -4.91. The minimum Gasteiger partial charge on any atom is -0.404 e. The van der Waals surface area contributed by atoms with Gasteiger partial charge in [-0.15, -0.1) is 20.4 Å². The third-order valence-corrected chi connectivity index (χ3v) is 6.20. The summed E-state index contributed by atoms with van der Waals surface area (Å²) < 4.78 is 30.4. The van der Waals surface area contributed by atoms with E-state index in [1.807, 2.05) is 24.3 Å². The van der Waals surface area contributed by atoms with Crippen LogP contribution in [0.4, 0.5) is 4.39 Å². The highest BCUT2D eigenvalue weighted by Crippen LogP contribution is 2.41. The number of hydrogen-bond acceptors (Lipinski definition) is 8. The average molecular weight is 575 g/mol. The number of benzene rings is 2. The van der Waals surface area contributed by atoms with Gasteiger partial charge in [-0.3, -0.25) is 19.4 Å². The number of hydrogen-bond donors (Lipinski definition) is 4. The van der Waals surface area contributed by atoms with Crippen molar-refractivity contribution in [2.24, 2.45) is 0 Å². The molecule has 3 rings (SSSR count). The molecule has 40 heavy (non-hydrogen) atoms. The van der Waals surface area contributed by atoms with Crippen LogP contribution in [-0.2, 0) is 20.6 Å². The van der Waals surface area contributed by atoms with Gasteiger partial charge >= 0.3 is 7.82 Å². The van der Waals surface area contributed by atoms with Crippen LogP contribution in [0.15, 0.2) is 42.5 Å². The standard InChI is InChI=1S/C26H32FN6O6P/c1-17-7-12-22(39-40(36,37)38)21(15-17)24(27)26(35)29-14-6-4-3-5-13-28-23(34)16-19-8-10-20(11-9-19)25-32-30-18(2)31-33-25/h7-12,15,24H,3-6,13-14,16H2,1-2H3,(H,28,34)(H,29,35)(H2,36,37,38). The summed E-state index contributed by atoms with van der Waals surface area (Å²) in [5, 5.41) is 21.1. The van der Waals surface area contributed by atoms with Gasteiger partial charge in [-0.05, 0) is 44.4 Å². The van der Waals surface area contributed by atoms with Crippen LogP contribution < -0.4 is 15.2 Å². The molecular formula is C26H32FN6O6P. The maximum Gasteiger partial charge on any atom is 0.524 e. The molecule has 0 fully saturated rings. The number of unbranched alkanes of at least 4 members (excludes halogenated alkanes) is 3. The van der Waals surface area contributed by atoms with E-state index in [-0.39, 0.29) is 30.2 Å². The first-order valence-corrected chi connectivity index (χ1v) is 14.2. The Morgan fingerprint density at radius 3 is 2.17 bits per heavy atom. The highest BCUT2D eigenvalue weighted by atomic mass is 31.2. The monoisotopic (exact) mass is 574 g/mol. The van der Waals surface area contributed by atoms with Crippen molar-refractivity contribution in [2.45, 2.75) is 52.1 Å². The highest BCUT2D eigenvalue weighted by Gasteiger charge is 2.27. The fourth-order valence-corrected chi connectivity index (χ4v) is 4.19. The lowest BCUT2D eigenvalue weighted by molar-refractivity contribution is -0.126. The zero-order valence-electron chi connectivity index (χ0n) is 22.2. The second kappa shape index (κ2) is 14.5. The molecule has 4 N–H and O–H groups in total. The normalized spacial score (nSPS) is 12.0. The van der Waals surface area contributed by atoms with Gasteiger partial charge < -0.3 is 15.2 Å². The van der Waals surface area contributed by atoms with Crippen molar-refractivity contribution in [3.05, 3.63) is 65.0 Å². The number of carbonyl (C=O) groups is 2. The van der Waals surface area contributed by atoms with Crippen molar-refractivity contribution in [3.8, 4) is 17.1 Å². The van der Waals surface area contributed by atoms with Crippen molar-refractivity contribution < 1.29 is 32.9 Å². The van der Waals surface area contributed by atoms with E-state index in [0.717, 1.165) is 30.4 Å². The van der Waals surface area contributed by atoms with Crippen molar-refractivity contribution >= 4 is 19.6 Å². The second-order valence-electron chi connectivity index (χ2n) is 9.19.